The van der Waals surface area contributed by atoms with Crippen molar-refractivity contribution in [2.45, 2.75) is 0 Å². The smallest absolute Gasteiger partial charge is 0.271 e. The van der Waals surface area contributed by atoms with Gasteiger partial charge in [0, 0.05) is 11.1 Å². The van der Waals surface area contributed by atoms with Crippen LogP contribution in [0.25, 0.3) is 0 Å². The van der Waals surface area contributed by atoms with Gasteiger partial charge in [0.05, 0.1) is 12.4 Å². The van der Waals surface area contributed by atoms with Crippen LogP contribution >= 0.6 is 0 Å². The van der Waals surface area contributed by atoms with Gasteiger partial charge < -0.3 is 30.6 Å². The number of carbonyl (C=O) groups excluding carboxylic acids is 2. The van der Waals surface area contributed by atoms with E-state index >= 15 is 0 Å². The van der Waals surface area contributed by atoms with Gasteiger partial charge in [-0.3, -0.25) is 9.59 Å². The van der Waals surface area contributed by atoms with E-state index in [9.17, 15) is 40.2 Å². The summed E-state index contributed by atoms with van der Waals surface area (Å²) in [5, 5.41) is 63.9. The number of hydrogen-bond acceptors (Lipinski definition) is 10. The summed E-state index contributed by atoms with van der Waals surface area (Å²) in [6, 6.07) is 10.5. The van der Waals surface area contributed by atoms with Crippen LogP contribution in [-0.2, 0) is 0 Å². The van der Waals surface area contributed by atoms with E-state index in [2.05, 4.69) is 21.1 Å². The molecular weight excluding hydrogens is 448 g/mol. The molecule has 8 N–H and O–H groups in total. The molecule has 3 aromatic rings. The second kappa shape index (κ2) is 9.91. The molecular formula is C22H18N4O8. The Kier molecular flexibility index (Phi) is 6.82. The molecule has 0 aliphatic heterocycles. The topological polar surface area (TPSA) is 204 Å². The van der Waals surface area contributed by atoms with Gasteiger partial charge >= 0.3 is 0 Å². The number of phenols is 6. The van der Waals surface area contributed by atoms with E-state index in [1.54, 1.807) is 24.3 Å². The minimum atomic E-state index is -0.734. The second-order valence-electron chi connectivity index (χ2n) is 6.79. The molecule has 0 aliphatic carbocycles. The lowest BCUT2D eigenvalue weighted by Crippen LogP contribution is -2.17. The third-order valence-electron chi connectivity index (χ3n) is 4.36. The van der Waals surface area contributed by atoms with E-state index in [4.69, 9.17) is 0 Å². The van der Waals surface area contributed by atoms with E-state index in [1.807, 2.05) is 0 Å². The van der Waals surface area contributed by atoms with Crippen molar-refractivity contribution in [1.82, 2.24) is 10.9 Å². The normalized spacial score (nSPS) is 11.1. The molecule has 0 saturated heterocycles. The maximum atomic E-state index is 12.0. The Hall–Kier alpha value is -5.26. The van der Waals surface area contributed by atoms with E-state index in [0.29, 0.717) is 11.1 Å². The first-order valence-corrected chi connectivity index (χ1v) is 9.42. The van der Waals surface area contributed by atoms with Crippen LogP contribution in [0.1, 0.15) is 31.8 Å². The molecule has 0 unspecified atom stereocenters. The SMILES string of the molecule is O=C(N/N=C\c1ccc(/C=N\NC(=O)c2cc(O)c(O)c(O)c2)cc1)c1cc(O)c(O)c(O)c1. The van der Waals surface area contributed by atoms with Gasteiger partial charge in [-0.2, -0.15) is 10.2 Å². The van der Waals surface area contributed by atoms with E-state index in [-0.39, 0.29) is 11.1 Å². The Balaban J connectivity index is 1.55. The number of rotatable bonds is 6. The monoisotopic (exact) mass is 466 g/mol. The molecule has 0 aromatic heterocycles. The maximum Gasteiger partial charge on any atom is 0.271 e. The predicted molar refractivity (Wildman–Crippen MR) is 119 cm³/mol. The number of hydrogen-bond donors (Lipinski definition) is 8. The Morgan fingerprint density at radius 1 is 0.588 bits per heavy atom. The third kappa shape index (κ3) is 5.50. The highest BCUT2D eigenvalue weighted by molar-refractivity contribution is 5.97. The van der Waals surface area contributed by atoms with Crippen molar-refractivity contribution in [2.24, 2.45) is 10.2 Å². The number of nitrogens with one attached hydrogen (secondary N) is 2. The number of carbonyl (C=O) groups is 2. The van der Waals surface area contributed by atoms with Crippen LogP contribution < -0.4 is 10.9 Å². The Morgan fingerprint density at radius 3 is 1.18 bits per heavy atom. The van der Waals surface area contributed by atoms with Gasteiger partial charge in [-0.25, -0.2) is 10.9 Å². The Morgan fingerprint density at radius 2 is 0.882 bits per heavy atom. The highest BCUT2D eigenvalue weighted by Gasteiger charge is 2.14. The van der Waals surface area contributed by atoms with Crippen molar-refractivity contribution in [3.8, 4) is 34.5 Å². The average Bonchev–Trinajstić information content (AvgIpc) is 2.81. The molecule has 0 radical (unpaired) electrons. The summed E-state index contributed by atoms with van der Waals surface area (Å²) in [7, 11) is 0. The summed E-state index contributed by atoms with van der Waals surface area (Å²) in [6.07, 6.45) is 2.68. The molecule has 0 saturated carbocycles. The van der Waals surface area contributed by atoms with Crippen LogP contribution in [0.5, 0.6) is 34.5 Å². The third-order valence-corrected chi connectivity index (χ3v) is 4.36. The average molecular weight is 466 g/mol. The lowest BCUT2D eigenvalue weighted by atomic mass is 10.1. The molecule has 0 bridgehead atoms. The van der Waals surface area contributed by atoms with Gasteiger partial charge in [0.2, 0.25) is 0 Å². The number of nitrogens with zero attached hydrogens (tertiary/aromatic N) is 2. The summed E-state index contributed by atoms with van der Waals surface area (Å²) in [4.78, 5) is 24.0. The van der Waals surface area contributed by atoms with Crippen LogP contribution in [0.2, 0.25) is 0 Å². The first kappa shape index (κ1) is 23.4. The standard InChI is InChI=1S/C22H18N4O8/c27-15-5-13(6-16(28)19(15)31)21(33)25-23-9-11-1-2-12(4-3-11)10-24-26-22(34)14-7-17(29)20(32)18(30)8-14/h1-10,27-32H,(H,25,33)(H,26,34)/b23-9-,24-10-. The van der Waals surface area contributed by atoms with E-state index in [1.165, 1.54) is 12.4 Å². The lowest BCUT2D eigenvalue weighted by Gasteiger charge is -2.04. The van der Waals surface area contributed by atoms with Crippen LogP contribution in [0.3, 0.4) is 0 Å². The van der Waals surface area contributed by atoms with Crippen molar-refractivity contribution in [2.75, 3.05) is 0 Å². The molecule has 0 atom stereocenters. The van der Waals surface area contributed by atoms with Gasteiger partial charge in [0.25, 0.3) is 11.8 Å². The molecule has 34 heavy (non-hydrogen) atoms. The first-order valence-electron chi connectivity index (χ1n) is 9.42. The van der Waals surface area contributed by atoms with Gasteiger partial charge in [0.1, 0.15) is 0 Å². The number of benzene rings is 3. The van der Waals surface area contributed by atoms with Crippen LogP contribution in [0.15, 0.2) is 58.7 Å². The number of amides is 2. The molecule has 174 valence electrons. The number of phenolic OH excluding ortho intramolecular Hbond substituents is 6. The number of hydrazone groups is 2. The quantitative estimate of drug-likeness (QED) is 0.151. The molecule has 3 rings (SSSR count). The fourth-order valence-electron chi connectivity index (χ4n) is 2.60. The summed E-state index contributed by atoms with van der Waals surface area (Å²) in [5.74, 6) is -5.52. The van der Waals surface area contributed by atoms with Gasteiger partial charge in [-0.05, 0) is 35.4 Å². The summed E-state index contributed by atoms with van der Waals surface area (Å²) >= 11 is 0. The highest BCUT2D eigenvalue weighted by atomic mass is 16.3. The molecule has 12 nitrogen and oxygen atoms in total. The zero-order chi connectivity index (χ0) is 24.8. The first-order chi connectivity index (χ1) is 16.2. The highest BCUT2D eigenvalue weighted by Crippen LogP contribution is 2.36. The van der Waals surface area contributed by atoms with Crippen molar-refractivity contribution in [3.63, 3.8) is 0 Å². The molecule has 3 aromatic carbocycles. The van der Waals surface area contributed by atoms with Crippen LogP contribution in [0.4, 0.5) is 0 Å². The lowest BCUT2D eigenvalue weighted by molar-refractivity contribution is 0.0946. The Labute approximate surface area is 191 Å². The Bertz CT molecular complexity index is 1160. The van der Waals surface area contributed by atoms with Gasteiger partial charge in [0.15, 0.2) is 34.5 Å². The molecule has 2 amide bonds. The minimum Gasteiger partial charge on any atom is -0.504 e. The van der Waals surface area contributed by atoms with Crippen molar-refractivity contribution >= 4 is 24.2 Å². The summed E-state index contributed by atoms with van der Waals surface area (Å²) < 4.78 is 0. The molecule has 0 spiro atoms. The van der Waals surface area contributed by atoms with Crippen LogP contribution in [-0.4, -0.2) is 54.9 Å². The van der Waals surface area contributed by atoms with Crippen molar-refractivity contribution < 1.29 is 40.2 Å². The molecule has 0 heterocycles. The van der Waals surface area contributed by atoms with Crippen LogP contribution in [0, 0.1) is 0 Å². The zero-order valence-corrected chi connectivity index (χ0v) is 17.2. The zero-order valence-electron chi connectivity index (χ0n) is 17.2. The van der Waals surface area contributed by atoms with Gasteiger partial charge in [-0.15, -0.1) is 0 Å². The van der Waals surface area contributed by atoms with E-state index in [0.717, 1.165) is 24.3 Å². The molecule has 12 heteroatoms. The molecule has 0 fully saturated rings. The van der Waals surface area contributed by atoms with Crippen molar-refractivity contribution in [3.05, 3.63) is 70.8 Å². The minimum absolute atomic E-state index is 0.115. The fourth-order valence-corrected chi connectivity index (χ4v) is 2.60. The van der Waals surface area contributed by atoms with E-state index < -0.39 is 46.3 Å². The summed E-state index contributed by atoms with van der Waals surface area (Å²) in [5.41, 5.74) is 5.40. The summed E-state index contributed by atoms with van der Waals surface area (Å²) in [6.45, 7) is 0. The number of aromatic hydroxyl groups is 6. The molecule has 0 aliphatic rings. The largest absolute Gasteiger partial charge is 0.504 e. The maximum absolute atomic E-state index is 12.0. The van der Waals surface area contributed by atoms with Gasteiger partial charge in [-0.1, -0.05) is 24.3 Å². The van der Waals surface area contributed by atoms with Crippen molar-refractivity contribution in [1.29, 1.82) is 0 Å². The fraction of sp³-hybridized carbons (Fsp3) is 0. The predicted octanol–water partition coefficient (Wildman–Crippen LogP) is 1.45. The second-order valence-corrected chi connectivity index (χ2v) is 6.79.